The molecule has 2 rings (SSSR count). The third-order valence-corrected chi connectivity index (χ3v) is 5.42. The molecule has 1 unspecified atom stereocenters. The molecule has 0 aromatic carbocycles. The molecule has 17 heavy (non-hydrogen) atoms. The summed E-state index contributed by atoms with van der Waals surface area (Å²) in [5, 5.41) is 3.50. The monoisotopic (exact) mass is 261 g/mol. The molecule has 0 aromatic rings. The minimum atomic E-state index is -2.75. The van der Waals surface area contributed by atoms with Crippen LogP contribution in [0.5, 0.6) is 0 Å². The molecule has 0 amide bonds. The first-order chi connectivity index (χ1) is 7.70. The summed E-state index contributed by atoms with van der Waals surface area (Å²) in [6.45, 7) is 7.05. The van der Waals surface area contributed by atoms with Crippen LogP contribution in [-0.4, -0.2) is 37.8 Å². The highest BCUT2D eigenvalue weighted by Gasteiger charge is 2.42. The van der Waals surface area contributed by atoms with E-state index in [1.807, 2.05) is 0 Å². The van der Waals surface area contributed by atoms with Crippen molar-refractivity contribution in [2.75, 3.05) is 18.1 Å². The van der Waals surface area contributed by atoms with Gasteiger partial charge in [-0.25, -0.2) is 8.42 Å². The van der Waals surface area contributed by atoms with Crippen LogP contribution in [0.15, 0.2) is 0 Å². The molecule has 0 bridgehead atoms. The van der Waals surface area contributed by atoms with Crippen molar-refractivity contribution in [3.8, 4) is 0 Å². The summed E-state index contributed by atoms with van der Waals surface area (Å²) in [5.74, 6) is 1.15. The fourth-order valence-electron chi connectivity index (χ4n) is 2.93. The number of hydrogen-bond donors (Lipinski definition) is 1. The summed E-state index contributed by atoms with van der Waals surface area (Å²) in [5.41, 5.74) is -0.259. The lowest BCUT2D eigenvalue weighted by molar-refractivity contribution is -0.0146. The first-order valence-corrected chi connectivity index (χ1v) is 8.16. The van der Waals surface area contributed by atoms with E-state index in [4.69, 9.17) is 4.74 Å². The average molecular weight is 261 g/mol. The molecule has 2 aliphatic heterocycles. The zero-order valence-corrected chi connectivity index (χ0v) is 11.8. The summed E-state index contributed by atoms with van der Waals surface area (Å²) in [4.78, 5) is 0. The lowest BCUT2D eigenvalue weighted by Crippen LogP contribution is -2.48. The Bertz CT molecular complexity index is 377. The SMILES string of the molecule is CC1(C)COC(C)(CC2CCS(=O)(=O)CC2)N1. The van der Waals surface area contributed by atoms with Crippen molar-refractivity contribution in [1.29, 1.82) is 0 Å². The quantitative estimate of drug-likeness (QED) is 0.814. The van der Waals surface area contributed by atoms with Crippen LogP contribution in [0.3, 0.4) is 0 Å². The summed E-state index contributed by atoms with van der Waals surface area (Å²) < 4.78 is 28.6. The molecule has 0 aliphatic carbocycles. The van der Waals surface area contributed by atoms with Crippen LogP contribution in [0, 0.1) is 5.92 Å². The van der Waals surface area contributed by atoms with Crippen LogP contribution in [0.4, 0.5) is 0 Å². The fourth-order valence-corrected chi connectivity index (χ4v) is 4.52. The molecular weight excluding hydrogens is 238 g/mol. The van der Waals surface area contributed by atoms with Gasteiger partial charge >= 0.3 is 0 Å². The first kappa shape index (κ1) is 13.3. The minimum Gasteiger partial charge on any atom is -0.359 e. The van der Waals surface area contributed by atoms with Crippen LogP contribution in [0.25, 0.3) is 0 Å². The number of ether oxygens (including phenoxy) is 1. The Morgan fingerprint density at radius 1 is 1.24 bits per heavy atom. The molecule has 4 nitrogen and oxygen atoms in total. The summed E-state index contributed by atoms with van der Waals surface area (Å²) >= 11 is 0. The number of nitrogens with one attached hydrogen (secondary N) is 1. The van der Waals surface area contributed by atoms with Crippen molar-refractivity contribution in [1.82, 2.24) is 5.32 Å². The van der Waals surface area contributed by atoms with Crippen molar-refractivity contribution >= 4 is 9.84 Å². The van der Waals surface area contributed by atoms with E-state index in [0.29, 0.717) is 24.0 Å². The van der Waals surface area contributed by atoms with Crippen LogP contribution < -0.4 is 5.32 Å². The van der Waals surface area contributed by atoms with Crippen LogP contribution in [-0.2, 0) is 14.6 Å². The average Bonchev–Trinajstić information content (AvgIpc) is 2.45. The molecule has 1 atom stereocenters. The Morgan fingerprint density at radius 2 is 1.82 bits per heavy atom. The molecule has 0 aromatic heterocycles. The highest BCUT2D eigenvalue weighted by molar-refractivity contribution is 7.91. The molecule has 0 saturated carbocycles. The van der Waals surface area contributed by atoms with E-state index < -0.39 is 9.84 Å². The third kappa shape index (κ3) is 3.42. The maximum absolute atomic E-state index is 11.4. The molecular formula is C12H23NO3S. The van der Waals surface area contributed by atoms with Gasteiger partial charge in [0.1, 0.15) is 15.6 Å². The van der Waals surface area contributed by atoms with Crippen molar-refractivity contribution in [2.45, 2.75) is 51.3 Å². The molecule has 2 aliphatic rings. The smallest absolute Gasteiger partial charge is 0.150 e. The Kier molecular flexibility index (Phi) is 3.30. The lowest BCUT2D eigenvalue weighted by atomic mass is 9.92. The van der Waals surface area contributed by atoms with Gasteiger partial charge in [0.2, 0.25) is 0 Å². The van der Waals surface area contributed by atoms with Crippen LogP contribution >= 0.6 is 0 Å². The zero-order chi connectivity index (χ0) is 12.7. The molecule has 0 radical (unpaired) electrons. The zero-order valence-electron chi connectivity index (χ0n) is 11.0. The van der Waals surface area contributed by atoms with E-state index in [2.05, 4.69) is 26.1 Å². The maximum Gasteiger partial charge on any atom is 0.150 e. The highest BCUT2D eigenvalue weighted by Crippen LogP contribution is 2.33. The van der Waals surface area contributed by atoms with E-state index >= 15 is 0 Å². The van der Waals surface area contributed by atoms with Gasteiger partial charge in [-0.2, -0.15) is 0 Å². The number of hydrogen-bond acceptors (Lipinski definition) is 4. The van der Waals surface area contributed by atoms with E-state index in [1.165, 1.54) is 0 Å². The normalized spacial score (nSPS) is 37.1. The van der Waals surface area contributed by atoms with Gasteiger partial charge in [0.05, 0.1) is 18.1 Å². The Labute approximate surface area is 104 Å². The van der Waals surface area contributed by atoms with Crippen LogP contribution in [0.1, 0.15) is 40.0 Å². The van der Waals surface area contributed by atoms with E-state index in [0.717, 1.165) is 19.3 Å². The van der Waals surface area contributed by atoms with Gasteiger partial charge in [-0.05, 0) is 46.0 Å². The van der Waals surface area contributed by atoms with Crippen LogP contribution in [0.2, 0.25) is 0 Å². The van der Waals surface area contributed by atoms with Gasteiger partial charge in [0.25, 0.3) is 0 Å². The molecule has 5 heteroatoms. The van der Waals surface area contributed by atoms with E-state index in [-0.39, 0.29) is 11.3 Å². The van der Waals surface area contributed by atoms with Crippen molar-refractivity contribution in [2.24, 2.45) is 5.92 Å². The molecule has 0 spiro atoms. The van der Waals surface area contributed by atoms with E-state index in [9.17, 15) is 8.42 Å². The third-order valence-electron chi connectivity index (χ3n) is 3.71. The van der Waals surface area contributed by atoms with Crippen molar-refractivity contribution in [3.05, 3.63) is 0 Å². The van der Waals surface area contributed by atoms with Gasteiger partial charge in [-0.1, -0.05) is 0 Å². The fraction of sp³-hybridized carbons (Fsp3) is 1.00. The molecule has 2 heterocycles. The Balaban J connectivity index is 1.90. The molecule has 1 N–H and O–H groups in total. The molecule has 2 fully saturated rings. The topological polar surface area (TPSA) is 55.4 Å². The highest BCUT2D eigenvalue weighted by atomic mass is 32.2. The molecule has 2 saturated heterocycles. The maximum atomic E-state index is 11.4. The predicted molar refractivity (Wildman–Crippen MR) is 67.6 cm³/mol. The summed E-state index contributed by atoms with van der Waals surface area (Å²) in [6, 6.07) is 0. The Hall–Kier alpha value is -0.130. The second-order valence-electron chi connectivity index (χ2n) is 6.33. The molecule has 100 valence electrons. The van der Waals surface area contributed by atoms with Gasteiger partial charge in [-0.3, -0.25) is 5.32 Å². The predicted octanol–water partition coefficient (Wildman–Crippen LogP) is 1.32. The largest absolute Gasteiger partial charge is 0.359 e. The minimum absolute atomic E-state index is 0.0233. The lowest BCUT2D eigenvalue weighted by Gasteiger charge is -2.32. The summed E-state index contributed by atoms with van der Waals surface area (Å²) in [7, 11) is -2.75. The van der Waals surface area contributed by atoms with Crippen molar-refractivity contribution < 1.29 is 13.2 Å². The van der Waals surface area contributed by atoms with E-state index in [1.54, 1.807) is 0 Å². The summed E-state index contributed by atoms with van der Waals surface area (Å²) in [6.07, 6.45) is 2.47. The van der Waals surface area contributed by atoms with Gasteiger partial charge < -0.3 is 4.74 Å². The second-order valence-corrected chi connectivity index (χ2v) is 8.63. The Morgan fingerprint density at radius 3 is 2.29 bits per heavy atom. The van der Waals surface area contributed by atoms with Gasteiger partial charge in [-0.15, -0.1) is 0 Å². The van der Waals surface area contributed by atoms with Crippen molar-refractivity contribution in [3.63, 3.8) is 0 Å². The van der Waals surface area contributed by atoms with Gasteiger partial charge in [0, 0.05) is 5.54 Å². The second kappa shape index (κ2) is 4.21. The standard InChI is InChI=1S/C12H23NO3S/c1-11(2)9-16-12(3,13-11)8-10-4-6-17(14,15)7-5-10/h10,13H,4-9H2,1-3H3. The van der Waals surface area contributed by atoms with Gasteiger partial charge in [0.15, 0.2) is 0 Å². The first-order valence-electron chi connectivity index (χ1n) is 6.34. The number of sulfone groups is 1. The number of rotatable bonds is 2.